The van der Waals surface area contributed by atoms with Crippen molar-refractivity contribution in [3.8, 4) is 0 Å². The molecule has 1 aliphatic rings. The summed E-state index contributed by atoms with van der Waals surface area (Å²) in [5.74, 6) is -1.17. The van der Waals surface area contributed by atoms with Crippen LogP contribution in [0.25, 0.3) is 0 Å². The summed E-state index contributed by atoms with van der Waals surface area (Å²) in [5, 5.41) is 0. The zero-order valence-electron chi connectivity index (χ0n) is 9.56. The molecule has 1 aliphatic carbocycles. The van der Waals surface area contributed by atoms with Crippen molar-refractivity contribution in [3.05, 3.63) is 24.3 Å². The number of carbonyl (C=O) groups is 2. The Labute approximate surface area is 94.9 Å². The molecular weight excluding hydrogens is 208 g/mol. The molecule has 88 valence electrons. The van der Waals surface area contributed by atoms with E-state index in [1.165, 1.54) is 0 Å². The smallest absolute Gasteiger partial charge is 0.331 e. The molecule has 4 heteroatoms. The molecule has 0 radical (unpaired) electrons. The van der Waals surface area contributed by atoms with Crippen LogP contribution in [0.4, 0.5) is 0 Å². The number of hydrogen-bond acceptors (Lipinski definition) is 4. The summed E-state index contributed by atoms with van der Waals surface area (Å²) >= 11 is 0. The molecule has 0 spiro atoms. The van der Waals surface area contributed by atoms with Crippen molar-refractivity contribution in [1.82, 2.24) is 0 Å². The van der Waals surface area contributed by atoms with E-state index in [1.807, 2.05) is 0 Å². The molecule has 0 amide bonds. The molecule has 0 aromatic rings. The van der Waals surface area contributed by atoms with Gasteiger partial charge in [-0.05, 0) is 20.3 Å². The molecule has 0 aromatic heterocycles. The number of rotatable bonds is 4. The molecule has 0 aliphatic heterocycles. The number of carbonyl (C=O) groups excluding carboxylic acids is 2. The summed E-state index contributed by atoms with van der Waals surface area (Å²) < 4.78 is 9.82. The summed E-state index contributed by atoms with van der Waals surface area (Å²) in [4.78, 5) is 23.6. The van der Waals surface area contributed by atoms with E-state index in [0.29, 0.717) is 6.42 Å². The second kappa shape index (κ2) is 5.49. The fourth-order valence-corrected chi connectivity index (χ4v) is 1.50. The highest BCUT2D eigenvalue weighted by atomic mass is 16.6. The van der Waals surface area contributed by atoms with Gasteiger partial charge in [-0.3, -0.25) is 9.59 Å². The van der Waals surface area contributed by atoms with Crippen molar-refractivity contribution >= 4 is 11.9 Å². The molecule has 0 unspecified atom stereocenters. The molecule has 0 bridgehead atoms. The number of hydrogen-bond donors (Lipinski definition) is 0. The highest BCUT2D eigenvalue weighted by molar-refractivity contribution is 6.04. The molecule has 0 N–H and O–H groups in total. The quantitative estimate of drug-likeness (QED) is 0.413. The second-order valence-electron chi connectivity index (χ2n) is 3.35. The van der Waals surface area contributed by atoms with Gasteiger partial charge < -0.3 is 9.47 Å². The van der Waals surface area contributed by atoms with Crippen LogP contribution in [0.2, 0.25) is 0 Å². The Kier molecular flexibility index (Phi) is 4.28. The Morgan fingerprint density at radius 1 is 1.06 bits per heavy atom. The third kappa shape index (κ3) is 2.32. The molecule has 0 saturated heterocycles. The second-order valence-corrected chi connectivity index (χ2v) is 3.35. The lowest BCUT2D eigenvalue weighted by Crippen LogP contribution is -2.39. The molecule has 1 rings (SSSR count). The van der Waals surface area contributed by atoms with Crippen molar-refractivity contribution in [1.29, 1.82) is 0 Å². The lowest BCUT2D eigenvalue weighted by molar-refractivity contribution is -0.164. The number of esters is 2. The first kappa shape index (κ1) is 12.5. The average Bonchev–Trinajstić information content (AvgIpc) is 2.30. The van der Waals surface area contributed by atoms with E-state index in [4.69, 9.17) is 9.47 Å². The number of ether oxygens (including phenoxy) is 2. The van der Waals surface area contributed by atoms with E-state index in [-0.39, 0.29) is 13.2 Å². The van der Waals surface area contributed by atoms with Crippen molar-refractivity contribution < 1.29 is 19.1 Å². The van der Waals surface area contributed by atoms with Gasteiger partial charge in [0.2, 0.25) is 5.41 Å². The third-order valence-electron chi connectivity index (χ3n) is 2.26. The third-order valence-corrected chi connectivity index (χ3v) is 2.26. The fraction of sp³-hybridized carbons (Fsp3) is 0.500. The topological polar surface area (TPSA) is 52.6 Å². The molecular formula is C12H16O4. The maximum absolute atomic E-state index is 11.8. The van der Waals surface area contributed by atoms with Gasteiger partial charge >= 0.3 is 11.9 Å². The van der Waals surface area contributed by atoms with Gasteiger partial charge in [0.25, 0.3) is 0 Å². The molecule has 4 nitrogen and oxygen atoms in total. The molecule has 16 heavy (non-hydrogen) atoms. The normalized spacial score (nSPS) is 16.9. The average molecular weight is 224 g/mol. The molecule has 0 heterocycles. The first-order valence-electron chi connectivity index (χ1n) is 5.37. The zero-order valence-corrected chi connectivity index (χ0v) is 9.56. The Morgan fingerprint density at radius 3 is 1.88 bits per heavy atom. The minimum Gasteiger partial charge on any atom is -0.465 e. The SMILES string of the molecule is CCOC(=O)C1(C(=O)OCC)C=CCC=C1. The van der Waals surface area contributed by atoms with E-state index in [2.05, 4.69) is 0 Å². The molecule has 0 saturated carbocycles. The van der Waals surface area contributed by atoms with E-state index in [9.17, 15) is 9.59 Å². The van der Waals surface area contributed by atoms with Crippen LogP contribution in [0, 0.1) is 5.41 Å². The van der Waals surface area contributed by atoms with Crippen molar-refractivity contribution in [2.45, 2.75) is 20.3 Å². The van der Waals surface area contributed by atoms with Crippen molar-refractivity contribution in [2.75, 3.05) is 13.2 Å². The largest absolute Gasteiger partial charge is 0.465 e. The lowest BCUT2D eigenvalue weighted by Gasteiger charge is -2.24. The predicted octanol–water partition coefficient (Wildman–Crippen LogP) is 1.62. The Bertz CT molecular complexity index is 296. The van der Waals surface area contributed by atoms with E-state index < -0.39 is 17.4 Å². The lowest BCUT2D eigenvalue weighted by atomic mass is 9.84. The van der Waals surface area contributed by atoms with Crippen LogP contribution in [0.1, 0.15) is 20.3 Å². The summed E-state index contributed by atoms with van der Waals surface area (Å²) in [6.45, 7) is 3.88. The van der Waals surface area contributed by atoms with E-state index in [0.717, 1.165) is 0 Å². The van der Waals surface area contributed by atoms with Crippen LogP contribution in [0.15, 0.2) is 24.3 Å². The van der Waals surface area contributed by atoms with Crippen molar-refractivity contribution in [2.24, 2.45) is 5.41 Å². The van der Waals surface area contributed by atoms with Crippen LogP contribution in [0.3, 0.4) is 0 Å². The predicted molar refractivity (Wildman–Crippen MR) is 58.6 cm³/mol. The maximum Gasteiger partial charge on any atom is 0.331 e. The monoisotopic (exact) mass is 224 g/mol. The minimum atomic E-state index is -1.38. The van der Waals surface area contributed by atoms with Gasteiger partial charge in [0, 0.05) is 0 Å². The van der Waals surface area contributed by atoms with Crippen LogP contribution in [0.5, 0.6) is 0 Å². The van der Waals surface area contributed by atoms with Gasteiger partial charge in [-0.15, -0.1) is 0 Å². The summed E-state index contributed by atoms with van der Waals surface area (Å²) in [5.41, 5.74) is -1.38. The molecule has 0 fully saturated rings. The summed E-state index contributed by atoms with van der Waals surface area (Å²) in [6.07, 6.45) is 7.31. The van der Waals surface area contributed by atoms with E-state index >= 15 is 0 Å². The maximum atomic E-state index is 11.8. The van der Waals surface area contributed by atoms with Crippen molar-refractivity contribution in [3.63, 3.8) is 0 Å². The van der Waals surface area contributed by atoms with Gasteiger partial charge in [0.1, 0.15) is 0 Å². The Morgan fingerprint density at radius 2 is 1.50 bits per heavy atom. The zero-order chi connectivity index (χ0) is 12.0. The minimum absolute atomic E-state index is 0.238. The Balaban J connectivity index is 2.97. The van der Waals surface area contributed by atoms with Crippen LogP contribution in [-0.4, -0.2) is 25.2 Å². The molecule has 0 aromatic carbocycles. The van der Waals surface area contributed by atoms with Crippen LogP contribution < -0.4 is 0 Å². The first-order valence-corrected chi connectivity index (χ1v) is 5.37. The number of allylic oxidation sites excluding steroid dienone is 2. The van der Waals surface area contributed by atoms with Gasteiger partial charge in [0.05, 0.1) is 13.2 Å². The van der Waals surface area contributed by atoms with Crippen LogP contribution in [-0.2, 0) is 19.1 Å². The Hall–Kier alpha value is -1.58. The summed E-state index contributed by atoms with van der Waals surface area (Å²) in [7, 11) is 0. The molecule has 0 atom stereocenters. The van der Waals surface area contributed by atoms with Crippen LogP contribution >= 0.6 is 0 Å². The summed E-state index contributed by atoms with van der Waals surface area (Å²) in [6, 6.07) is 0. The fourth-order valence-electron chi connectivity index (χ4n) is 1.50. The van der Waals surface area contributed by atoms with Gasteiger partial charge in [-0.25, -0.2) is 0 Å². The van der Waals surface area contributed by atoms with Gasteiger partial charge in [-0.1, -0.05) is 24.3 Å². The van der Waals surface area contributed by atoms with Gasteiger partial charge in [-0.2, -0.15) is 0 Å². The van der Waals surface area contributed by atoms with E-state index in [1.54, 1.807) is 38.2 Å². The standard InChI is InChI=1S/C12H16O4/c1-3-15-10(13)12(11(14)16-4-2)8-6-5-7-9-12/h6-9H,3-5H2,1-2H3. The highest BCUT2D eigenvalue weighted by Crippen LogP contribution is 2.29. The first-order chi connectivity index (χ1) is 7.67. The highest BCUT2D eigenvalue weighted by Gasteiger charge is 2.45. The van der Waals surface area contributed by atoms with Gasteiger partial charge in [0.15, 0.2) is 0 Å².